The maximum absolute atomic E-state index is 13.9. The number of ether oxygens (including phenoxy) is 1. The predicted octanol–water partition coefficient (Wildman–Crippen LogP) is 1.36. The number of aromatic nitrogens is 2. The molecule has 0 spiro atoms. The second kappa shape index (κ2) is 7.16. The first-order valence-electron chi connectivity index (χ1n) is 10.4. The van der Waals surface area contributed by atoms with Gasteiger partial charge < -0.3 is 19.9 Å². The lowest BCUT2D eigenvalue weighted by molar-refractivity contribution is -0.153. The Morgan fingerprint density at radius 2 is 2.03 bits per heavy atom. The Balaban J connectivity index is 1.51. The summed E-state index contributed by atoms with van der Waals surface area (Å²) in [4.78, 5) is 20.8. The van der Waals surface area contributed by atoms with E-state index in [4.69, 9.17) is 4.74 Å². The van der Waals surface area contributed by atoms with Crippen molar-refractivity contribution < 1.29 is 17.9 Å². The second-order valence-electron chi connectivity index (χ2n) is 8.59. The van der Waals surface area contributed by atoms with E-state index in [2.05, 4.69) is 10.3 Å². The molecule has 3 saturated heterocycles. The third-order valence-electron chi connectivity index (χ3n) is 6.72. The molecule has 0 saturated carbocycles. The van der Waals surface area contributed by atoms with Gasteiger partial charge in [0, 0.05) is 25.7 Å². The normalized spacial score (nSPS) is 30.1. The molecule has 10 heteroatoms. The van der Waals surface area contributed by atoms with Crippen molar-refractivity contribution in [3.63, 3.8) is 0 Å². The summed E-state index contributed by atoms with van der Waals surface area (Å²) in [6, 6.07) is 0.0219. The van der Waals surface area contributed by atoms with Gasteiger partial charge in [-0.2, -0.15) is 18.2 Å². The van der Waals surface area contributed by atoms with Gasteiger partial charge in [0.1, 0.15) is 11.9 Å². The number of rotatable bonds is 3. The molecule has 3 atom stereocenters. The van der Waals surface area contributed by atoms with Gasteiger partial charge in [-0.25, -0.2) is 0 Å². The van der Waals surface area contributed by atoms with E-state index in [1.54, 1.807) is 0 Å². The van der Waals surface area contributed by atoms with Crippen molar-refractivity contribution in [3.05, 3.63) is 16.4 Å². The average molecular weight is 413 g/mol. The van der Waals surface area contributed by atoms with Crippen LogP contribution in [0.4, 0.5) is 24.9 Å². The number of piperidine rings is 1. The molecular formula is C19H26F3N5O2. The van der Waals surface area contributed by atoms with Crippen molar-refractivity contribution in [3.8, 4) is 0 Å². The van der Waals surface area contributed by atoms with Crippen LogP contribution >= 0.6 is 0 Å². The van der Waals surface area contributed by atoms with Crippen molar-refractivity contribution in [1.29, 1.82) is 0 Å². The molecule has 29 heavy (non-hydrogen) atoms. The molecule has 4 aliphatic rings. The number of alkyl halides is 3. The minimum atomic E-state index is -4.35. The van der Waals surface area contributed by atoms with Gasteiger partial charge in [0.25, 0.3) is 5.56 Å². The summed E-state index contributed by atoms with van der Waals surface area (Å²) in [6.07, 6.45) is -1.81. The summed E-state index contributed by atoms with van der Waals surface area (Å²) >= 11 is 0. The molecule has 3 fully saturated rings. The van der Waals surface area contributed by atoms with Crippen LogP contribution in [0.25, 0.3) is 0 Å². The van der Waals surface area contributed by atoms with Crippen molar-refractivity contribution >= 4 is 11.8 Å². The highest BCUT2D eigenvalue weighted by Crippen LogP contribution is 2.37. The summed E-state index contributed by atoms with van der Waals surface area (Å²) in [5.41, 5.74) is -0.273. The van der Waals surface area contributed by atoms with Gasteiger partial charge in [-0.05, 0) is 44.7 Å². The van der Waals surface area contributed by atoms with E-state index in [9.17, 15) is 18.0 Å². The van der Waals surface area contributed by atoms with Crippen molar-refractivity contribution in [1.82, 2.24) is 14.9 Å². The lowest BCUT2D eigenvalue weighted by Gasteiger charge is -2.41. The molecule has 5 heterocycles. The molecule has 1 N–H and O–H groups in total. The number of hydrogen-bond acceptors (Lipinski definition) is 6. The Morgan fingerprint density at radius 3 is 2.69 bits per heavy atom. The first-order valence-corrected chi connectivity index (χ1v) is 10.4. The van der Waals surface area contributed by atoms with Gasteiger partial charge in [-0.15, -0.1) is 0 Å². The van der Waals surface area contributed by atoms with Crippen LogP contribution in [0, 0.1) is 5.92 Å². The number of nitrogens with zero attached hydrogens (tertiary/aromatic N) is 4. The monoisotopic (exact) mass is 413 g/mol. The second-order valence-corrected chi connectivity index (χ2v) is 8.59. The Labute approximate surface area is 166 Å². The van der Waals surface area contributed by atoms with Gasteiger partial charge in [-0.3, -0.25) is 9.36 Å². The van der Waals surface area contributed by atoms with Crippen LogP contribution in [-0.2, 0) is 11.3 Å². The first kappa shape index (κ1) is 19.2. The molecular weight excluding hydrogens is 387 g/mol. The fourth-order valence-electron chi connectivity index (χ4n) is 5.18. The fraction of sp³-hybridized carbons (Fsp3) is 0.789. The molecule has 0 amide bonds. The molecule has 0 radical (unpaired) electrons. The number of fused-ring (bicyclic) bond motifs is 3. The molecule has 0 aliphatic carbocycles. The van der Waals surface area contributed by atoms with Crippen molar-refractivity contribution in [2.75, 3.05) is 42.6 Å². The quantitative estimate of drug-likeness (QED) is 0.808. The third-order valence-corrected chi connectivity index (χ3v) is 6.72. The topological polar surface area (TPSA) is 62.6 Å². The summed E-state index contributed by atoms with van der Waals surface area (Å²) in [6.45, 7) is 3.16. The minimum absolute atomic E-state index is 0.0451. The molecule has 0 aromatic carbocycles. The largest absolute Gasteiger partial charge is 0.408 e. The Kier molecular flexibility index (Phi) is 4.73. The number of halogens is 3. The third kappa shape index (κ3) is 3.50. The van der Waals surface area contributed by atoms with E-state index in [-0.39, 0.29) is 49.1 Å². The zero-order valence-corrected chi connectivity index (χ0v) is 16.2. The highest BCUT2D eigenvalue weighted by molar-refractivity contribution is 5.49. The fourth-order valence-corrected chi connectivity index (χ4v) is 5.18. The highest BCUT2D eigenvalue weighted by atomic mass is 19.4. The molecule has 7 nitrogen and oxygen atoms in total. The number of nitrogens with one attached hydrogen (secondary N) is 1. The summed E-state index contributed by atoms with van der Waals surface area (Å²) in [7, 11) is 0. The molecule has 2 unspecified atom stereocenters. The van der Waals surface area contributed by atoms with Crippen LogP contribution in [0.2, 0.25) is 0 Å². The van der Waals surface area contributed by atoms with E-state index in [1.807, 2.05) is 4.90 Å². The number of anilines is 2. The van der Waals surface area contributed by atoms with Gasteiger partial charge in [0.2, 0.25) is 5.95 Å². The summed E-state index contributed by atoms with van der Waals surface area (Å²) < 4.78 is 48.6. The van der Waals surface area contributed by atoms with Crippen LogP contribution in [0.15, 0.2) is 10.9 Å². The zero-order chi connectivity index (χ0) is 20.2. The van der Waals surface area contributed by atoms with Crippen molar-refractivity contribution in [2.24, 2.45) is 5.92 Å². The van der Waals surface area contributed by atoms with Crippen LogP contribution in [0.5, 0.6) is 0 Å². The van der Waals surface area contributed by atoms with E-state index >= 15 is 0 Å². The van der Waals surface area contributed by atoms with Gasteiger partial charge in [0.05, 0.1) is 18.8 Å². The Bertz CT molecular complexity index is 823. The first-order chi connectivity index (χ1) is 13.9. The Hall–Kier alpha value is -1.81. The maximum Gasteiger partial charge on any atom is 0.408 e. The van der Waals surface area contributed by atoms with E-state index in [0.717, 1.165) is 32.4 Å². The van der Waals surface area contributed by atoms with Gasteiger partial charge in [0.15, 0.2) is 0 Å². The molecule has 2 bridgehead atoms. The molecule has 1 aromatic heterocycles. The lowest BCUT2D eigenvalue weighted by Crippen LogP contribution is -2.54. The highest BCUT2D eigenvalue weighted by Gasteiger charge is 2.48. The minimum Gasteiger partial charge on any atom is -0.374 e. The maximum atomic E-state index is 13.9. The standard InChI is InChI=1S/C19H26F3N5O2/c20-19(21,22)15-3-6-25-17(28)8-16(26-10-14-7-13(26)11-29-14)24-18(25)27(15)9-12-1-4-23-5-2-12/h8,12-15,23H,1-7,9-11H2/t13?,14?,15-/m0/s1. The van der Waals surface area contributed by atoms with E-state index in [1.165, 1.54) is 15.5 Å². The smallest absolute Gasteiger partial charge is 0.374 e. The predicted molar refractivity (Wildman–Crippen MR) is 101 cm³/mol. The van der Waals surface area contributed by atoms with Crippen LogP contribution in [0.3, 0.4) is 0 Å². The molecule has 160 valence electrons. The number of hydrogen-bond donors (Lipinski definition) is 1. The Morgan fingerprint density at radius 1 is 1.24 bits per heavy atom. The van der Waals surface area contributed by atoms with E-state index in [0.29, 0.717) is 19.0 Å². The SMILES string of the molecule is O=c1cc(N2CC3CC2CO3)nc2n1CC[C@@H](C(F)(F)F)N2CC1CCNCC1. The number of morpholine rings is 1. The van der Waals surface area contributed by atoms with Crippen LogP contribution in [0.1, 0.15) is 25.7 Å². The molecule has 4 aliphatic heterocycles. The lowest BCUT2D eigenvalue weighted by atomic mass is 9.96. The van der Waals surface area contributed by atoms with Crippen LogP contribution in [-0.4, -0.2) is 66.7 Å². The zero-order valence-electron chi connectivity index (χ0n) is 16.2. The van der Waals surface area contributed by atoms with Gasteiger partial charge >= 0.3 is 6.18 Å². The average Bonchev–Trinajstić information content (AvgIpc) is 3.32. The molecule has 1 aromatic rings. The van der Waals surface area contributed by atoms with Crippen molar-refractivity contribution in [2.45, 2.75) is 56.6 Å². The summed E-state index contributed by atoms with van der Waals surface area (Å²) in [5.74, 6) is 0.808. The van der Waals surface area contributed by atoms with E-state index < -0.39 is 12.2 Å². The molecule has 5 rings (SSSR count). The van der Waals surface area contributed by atoms with Crippen LogP contribution < -0.4 is 20.7 Å². The van der Waals surface area contributed by atoms with Gasteiger partial charge in [-0.1, -0.05) is 0 Å². The summed E-state index contributed by atoms with van der Waals surface area (Å²) in [5, 5.41) is 3.25.